The van der Waals surface area contributed by atoms with Gasteiger partial charge < -0.3 is 30.3 Å². The van der Waals surface area contributed by atoms with Crippen molar-refractivity contribution < 1.29 is 36.5 Å². The third kappa shape index (κ3) is 7.56. The number of Topliss-reactive ketones (excluding diaryl/α,β-unsaturated/α-hetero) is 1. The molecular weight excluding hydrogens is 492 g/mol. The molecule has 0 radical (unpaired) electrons. The minimum absolute atomic E-state index is 0. The molecule has 0 amide bonds. The summed E-state index contributed by atoms with van der Waals surface area (Å²) in [4.78, 5) is 14.1. The maximum Gasteiger partial charge on any atom is 0.231 e. The quantitative estimate of drug-likeness (QED) is 0.316. The van der Waals surface area contributed by atoms with Crippen molar-refractivity contribution in [3.63, 3.8) is 0 Å². The third-order valence-electron chi connectivity index (χ3n) is 6.29. The van der Waals surface area contributed by atoms with Gasteiger partial charge in [-0.05, 0) is 65.8 Å². The van der Waals surface area contributed by atoms with E-state index in [0.717, 1.165) is 64.5 Å². The standard InChI is InChI=1S/C24H20O3S.C5H12O2.2H2O.H2/c25-23(24(10-11-24)19-6-9-21-22(14-19)27-15-26-21)13-16-2-1-3-18(12-16)17-4-7-20(28)8-5-17;1-2-4-7-5-3-6;;;/h1-9,12,14,28H,10-11,13,15H2;6H,2-5H2,1H3;2*1H2;1H. The highest BCUT2D eigenvalue weighted by molar-refractivity contribution is 7.80. The number of ether oxygens (including phenoxy) is 3. The second kappa shape index (κ2) is 14.2. The summed E-state index contributed by atoms with van der Waals surface area (Å²) in [6, 6.07) is 22.2. The molecule has 202 valence electrons. The second-order valence-electron chi connectivity index (χ2n) is 8.83. The molecule has 3 aromatic carbocycles. The van der Waals surface area contributed by atoms with E-state index in [9.17, 15) is 4.79 Å². The lowest BCUT2D eigenvalue weighted by Crippen LogP contribution is -2.22. The van der Waals surface area contributed by atoms with Gasteiger partial charge in [-0.25, -0.2) is 0 Å². The number of rotatable bonds is 9. The first-order valence-corrected chi connectivity index (χ1v) is 12.5. The molecule has 1 aliphatic heterocycles. The molecule has 8 heteroatoms. The van der Waals surface area contributed by atoms with E-state index in [4.69, 9.17) is 19.3 Å². The molecule has 0 bridgehead atoms. The van der Waals surface area contributed by atoms with E-state index in [1.54, 1.807) is 0 Å². The summed E-state index contributed by atoms with van der Waals surface area (Å²) in [6.45, 7) is 3.67. The Bertz CT molecular complexity index is 1150. The molecule has 37 heavy (non-hydrogen) atoms. The average Bonchev–Trinajstić information content (AvgIpc) is 3.56. The van der Waals surface area contributed by atoms with Gasteiger partial charge in [0.25, 0.3) is 0 Å². The van der Waals surface area contributed by atoms with Gasteiger partial charge in [0.2, 0.25) is 6.79 Å². The Morgan fingerprint density at radius 2 is 1.70 bits per heavy atom. The molecule has 1 aliphatic carbocycles. The zero-order valence-corrected chi connectivity index (χ0v) is 21.9. The molecule has 1 heterocycles. The van der Waals surface area contributed by atoms with Crippen LogP contribution in [-0.2, 0) is 21.4 Å². The van der Waals surface area contributed by atoms with Gasteiger partial charge in [0.15, 0.2) is 11.5 Å². The molecule has 0 atom stereocenters. The van der Waals surface area contributed by atoms with Crippen LogP contribution in [-0.4, -0.2) is 48.5 Å². The van der Waals surface area contributed by atoms with Crippen molar-refractivity contribution in [1.82, 2.24) is 0 Å². The van der Waals surface area contributed by atoms with Crippen molar-refractivity contribution in [2.24, 2.45) is 0 Å². The molecule has 1 saturated carbocycles. The van der Waals surface area contributed by atoms with E-state index >= 15 is 0 Å². The zero-order chi connectivity index (χ0) is 24.7. The first-order valence-electron chi connectivity index (χ1n) is 12.1. The van der Waals surface area contributed by atoms with Gasteiger partial charge in [-0.3, -0.25) is 4.79 Å². The Morgan fingerprint density at radius 3 is 2.38 bits per heavy atom. The fourth-order valence-corrected chi connectivity index (χ4v) is 4.38. The van der Waals surface area contributed by atoms with Crippen LogP contribution in [0.5, 0.6) is 11.5 Å². The number of thiol groups is 1. The van der Waals surface area contributed by atoms with E-state index < -0.39 is 0 Å². The van der Waals surface area contributed by atoms with Gasteiger partial charge in [-0.1, -0.05) is 49.4 Å². The number of ketones is 1. The van der Waals surface area contributed by atoms with Crippen LogP contribution < -0.4 is 9.47 Å². The second-order valence-corrected chi connectivity index (χ2v) is 9.35. The number of benzene rings is 3. The maximum atomic E-state index is 13.2. The predicted octanol–water partition coefficient (Wildman–Crippen LogP) is 4.22. The predicted molar refractivity (Wildman–Crippen MR) is 149 cm³/mol. The largest absolute Gasteiger partial charge is 0.454 e. The molecule has 0 saturated heterocycles. The van der Waals surface area contributed by atoms with Crippen molar-refractivity contribution in [3.05, 3.63) is 77.9 Å². The number of carbonyl (C=O) groups is 1. The minimum Gasteiger partial charge on any atom is -0.454 e. The van der Waals surface area contributed by atoms with Crippen LogP contribution >= 0.6 is 12.6 Å². The molecule has 0 aromatic heterocycles. The molecule has 7 nitrogen and oxygen atoms in total. The van der Waals surface area contributed by atoms with Crippen LogP contribution in [0.4, 0.5) is 0 Å². The van der Waals surface area contributed by atoms with Crippen LogP contribution in [0.15, 0.2) is 71.6 Å². The summed E-state index contributed by atoms with van der Waals surface area (Å²) in [7, 11) is 0. The molecule has 5 rings (SSSR count). The minimum atomic E-state index is -0.370. The van der Waals surface area contributed by atoms with Crippen molar-refractivity contribution in [3.8, 4) is 22.6 Å². The monoisotopic (exact) mass is 530 g/mol. The van der Waals surface area contributed by atoms with Crippen LogP contribution in [0.3, 0.4) is 0 Å². The summed E-state index contributed by atoms with van der Waals surface area (Å²) in [5.41, 5.74) is 3.97. The molecule has 0 unspecified atom stereocenters. The van der Waals surface area contributed by atoms with Gasteiger partial charge in [0, 0.05) is 19.3 Å². The molecule has 1 fully saturated rings. The molecule has 0 spiro atoms. The van der Waals surface area contributed by atoms with Gasteiger partial charge >= 0.3 is 0 Å². The number of fused-ring (bicyclic) bond motifs is 1. The Morgan fingerprint density at radius 1 is 0.973 bits per heavy atom. The summed E-state index contributed by atoms with van der Waals surface area (Å²) >= 11 is 4.35. The van der Waals surface area contributed by atoms with Crippen molar-refractivity contribution in [1.29, 1.82) is 0 Å². The third-order valence-corrected chi connectivity index (χ3v) is 6.58. The maximum absolute atomic E-state index is 13.2. The Kier molecular flexibility index (Phi) is 11.6. The summed E-state index contributed by atoms with van der Waals surface area (Å²) in [6.07, 6.45) is 3.26. The lowest BCUT2D eigenvalue weighted by molar-refractivity contribution is -0.120. The van der Waals surface area contributed by atoms with Crippen molar-refractivity contribution >= 4 is 18.4 Å². The number of aliphatic hydroxyl groups excluding tert-OH is 1. The van der Waals surface area contributed by atoms with E-state index in [1.165, 1.54) is 0 Å². The SMILES string of the molecule is CCCOCCO.O.O.O=C(Cc1cccc(-c2ccc(S)cc2)c1)C1(c2ccc3c(c2)OCO3)CC1.[HH]. The highest BCUT2D eigenvalue weighted by atomic mass is 32.1. The zero-order valence-electron chi connectivity index (χ0n) is 21.0. The Balaban J connectivity index is 0.000000645. The van der Waals surface area contributed by atoms with Crippen molar-refractivity contribution in [2.45, 2.75) is 42.9 Å². The number of hydrogen-bond acceptors (Lipinski definition) is 6. The van der Waals surface area contributed by atoms with Crippen LogP contribution in [0.1, 0.15) is 38.7 Å². The Labute approximate surface area is 224 Å². The summed E-state index contributed by atoms with van der Waals surface area (Å²) in [5, 5.41) is 8.17. The van der Waals surface area contributed by atoms with Crippen LogP contribution in [0.25, 0.3) is 11.1 Å². The number of hydrogen-bond donors (Lipinski definition) is 2. The lowest BCUT2D eigenvalue weighted by Gasteiger charge is -2.15. The van der Waals surface area contributed by atoms with Crippen molar-refractivity contribution in [2.75, 3.05) is 26.6 Å². The summed E-state index contributed by atoms with van der Waals surface area (Å²) in [5.74, 6) is 1.77. The van der Waals surface area contributed by atoms with E-state index in [-0.39, 0.29) is 37.0 Å². The smallest absolute Gasteiger partial charge is 0.231 e. The highest BCUT2D eigenvalue weighted by Crippen LogP contribution is 2.51. The first kappa shape index (κ1) is 30.3. The van der Waals surface area contributed by atoms with E-state index in [2.05, 4.69) is 36.9 Å². The van der Waals surface area contributed by atoms with E-state index in [0.29, 0.717) is 13.0 Å². The van der Waals surface area contributed by atoms with Gasteiger partial charge in [0.05, 0.1) is 18.6 Å². The fourth-order valence-electron chi connectivity index (χ4n) is 4.23. The highest BCUT2D eigenvalue weighted by Gasteiger charge is 2.50. The van der Waals surface area contributed by atoms with Crippen LogP contribution in [0.2, 0.25) is 0 Å². The number of carbonyl (C=O) groups excluding carboxylic acids is 1. The van der Waals surface area contributed by atoms with Gasteiger partial charge in [0.1, 0.15) is 5.78 Å². The Hall–Kier alpha value is -2.88. The molecule has 2 aliphatic rings. The van der Waals surface area contributed by atoms with Crippen LogP contribution in [0, 0.1) is 0 Å². The fraction of sp³-hybridized carbons (Fsp3) is 0.345. The molecule has 3 aromatic rings. The summed E-state index contributed by atoms with van der Waals surface area (Å²) < 4.78 is 15.8. The average molecular weight is 531 g/mol. The first-order chi connectivity index (χ1) is 17.1. The van der Waals surface area contributed by atoms with Gasteiger partial charge in [-0.2, -0.15) is 0 Å². The normalized spacial score (nSPS) is 13.9. The van der Waals surface area contributed by atoms with E-state index in [1.807, 2.05) is 49.4 Å². The molecule has 5 N–H and O–H groups in total. The topological polar surface area (TPSA) is 128 Å². The number of aliphatic hydroxyl groups is 1. The lowest BCUT2D eigenvalue weighted by atomic mass is 9.87. The molecular formula is C29H38O7S. The van der Waals surface area contributed by atoms with Gasteiger partial charge in [-0.15, -0.1) is 12.6 Å².